The maximum absolute atomic E-state index is 9.17. The van der Waals surface area contributed by atoms with Gasteiger partial charge in [0.15, 0.2) is 0 Å². The molecule has 0 radical (unpaired) electrons. The van der Waals surface area contributed by atoms with Crippen molar-refractivity contribution in [1.29, 1.82) is 0 Å². The van der Waals surface area contributed by atoms with Gasteiger partial charge in [-0.3, -0.25) is 0 Å². The van der Waals surface area contributed by atoms with E-state index in [1.54, 1.807) is 0 Å². The minimum Gasteiger partial charge on any atom is -0.396 e. The molecule has 0 saturated carbocycles. The molecule has 1 aromatic rings. The molecule has 0 aromatic carbocycles. The summed E-state index contributed by atoms with van der Waals surface area (Å²) in [4.78, 5) is 13.6. The average molecular weight is 262 g/mol. The van der Waals surface area contributed by atoms with Crippen molar-refractivity contribution in [3.8, 4) is 0 Å². The number of likely N-dealkylation sites (tertiary alicyclic amines) is 1. The minimum absolute atomic E-state index is 0.267. The van der Waals surface area contributed by atoms with Gasteiger partial charge in [0.25, 0.3) is 0 Å². The van der Waals surface area contributed by atoms with Gasteiger partial charge in [0.05, 0.1) is 0 Å². The lowest BCUT2D eigenvalue weighted by molar-refractivity contribution is 0.238. The number of nitrogens with zero attached hydrogens (tertiary/aromatic N) is 4. The Balaban J connectivity index is 1.66. The molecule has 0 spiro atoms. The van der Waals surface area contributed by atoms with Gasteiger partial charge in [-0.1, -0.05) is 0 Å². The van der Waals surface area contributed by atoms with Crippen LogP contribution in [0, 0.1) is 5.92 Å². The summed E-state index contributed by atoms with van der Waals surface area (Å²) in [6, 6.07) is 0. The normalized spacial score (nSPS) is 28.2. The van der Waals surface area contributed by atoms with Gasteiger partial charge in [0.1, 0.15) is 0 Å². The van der Waals surface area contributed by atoms with Crippen molar-refractivity contribution in [2.24, 2.45) is 5.92 Å². The molecule has 104 valence electrons. The van der Waals surface area contributed by atoms with E-state index >= 15 is 0 Å². The molecule has 2 aliphatic heterocycles. The van der Waals surface area contributed by atoms with Crippen LogP contribution in [0.4, 0.5) is 5.95 Å². The Kier molecular flexibility index (Phi) is 3.66. The first kappa shape index (κ1) is 12.8. The van der Waals surface area contributed by atoms with Crippen molar-refractivity contribution in [2.75, 3.05) is 44.7 Å². The quantitative estimate of drug-likeness (QED) is 0.869. The fraction of sp³-hybridized carbons (Fsp3) is 0.714. The van der Waals surface area contributed by atoms with Crippen molar-refractivity contribution in [3.63, 3.8) is 0 Å². The lowest BCUT2D eigenvalue weighted by atomic mass is 10.0. The van der Waals surface area contributed by atoms with Crippen LogP contribution in [0.1, 0.15) is 24.3 Å². The van der Waals surface area contributed by atoms with Gasteiger partial charge in [0, 0.05) is 50.5 Å². The summed E-state index contributed by atoms with van der Waals surface area (Å²) in [6.45, 7) is 4.37. The number of hydrogen-bond acceptors (Lipinski definition) is 5. The Morgan fingerprint density at radius 3 is 2.58 bits per heavy atom. The van der Waals surface area contributed by atoms with Crippen molar-refractivity contribution in [2.45, 2.75) is 18.8 Å². The smallest absolute Gasteiger partial charge is 0.225 e. The monoisotopic (exact) mass is 262 g/mol. The molecule has 3 rings (SSSR count). The van der Waals surface area contributed by atoms with E-state index in [0.717, 1.165) is 38.5 Å². The first-order chi connectivity index (χ1) is 9.26. The van der Waals surface area contributed by atoms with E-state index in [-0.39, 0.29) is 6.61 Å². The maximum Gasteiger partial charge on any atom is 0.225 e. The lowest BCUT2D eigenvalue weighted by Crippen LogP contribution is -2.23. The number of aliphatic hydroxyl groups excluding tert-OH is 1. The number of aromatic nitrogens is 2. The van der Waals surface area contributed by atoms with E-state index in [9.17, 15) is 5.11 Å². The summed E-state index contributed by atoms with van der Waals surface area (Å²) in [5, 5.41) is 9.17. The first-order valence-electron chi connectivity index (χ1n) is 7.12. The Bertz CT molecular complexity index is 422. The van der Waals surface area contributed by atoms with Crippen molar-refractivity contribution < 1.29 is 5.11 Å². The van der Waals surface area contributed by atoms with Crippen LogP contribution in [-0.4, -0.2) is 59.8 Å². The second kappa shape index (κ2) is 5.43. The Labute approximate surface area is 114 Å². The standard InChI is InChI=1S/C14H22N4O/c1-17-4-3-12(9-17)13-6-15-14(16-7-13)18-5-2-11(8-18)10-19/h6-7,11-12,19H,2-5,8-10H2,1H3. The van der Waals surface area contributed by atoms with Crippen molar-refractivity contribution >= 4 is 5.95 Å². The molecule has 0 aliphatic carbocycles. The van der Waals surface area contributed by atoms with Crippen LogP contribution in [0.15, 0.2) is 12.4 Å². The number of likely N-dealkylation sites (N-methyl/N-ethyl adjacent to an activating group) is 1. The Morgan fingerprint density at radius 1 is 1.21 bits per heavy atom. The maximum atomic E-state index is 9.17. The molecule has 2 atom stereocenters. The highest BCUT2D eigenvalue weighted by molar-refractivity contribution is 5.32. The molecule has 2 saturated heterocycles. The Hall–Kier alpha value is -1.20. The first-order valence-corrected chi connectivity index (χ1v) is 7.12. The molecule has 5 heteroatoms. The molecule has 1 N–H and O–H groups in total. The molecule has 0 amide bonds. The summed E-state index contributed by atoms with van der Waals surface area (Å²) >= 11 is 0. The highest BCUT2D eigenvalue weighted by Gasteiger charge is 2.25. The summed E-state index contributed by atoms with van der Waals surface area (Å²) in [6.07, 6.45) is 6.21. The number of rotatable bonds is 3. The molecule has 2 aliphatic rings. The van der Waals surface area contributed by atoms with Gasteiger partial charge in [-0.2, -0.15) is 0 Å². The number of anilines is 1. The summed E-state index contributed by atoms with van der Waals surface area (Å²) in [5.41, 5.74) is 1.26. The number of hydrogen-bond donors (Lipinski definition) is 1. The second-order valence-corrected chi connectivity index (χ2v) is 5.85. The second-order valence-electron chi connectivity index (χ2n) is 5.85. The topological polar surface area (TPSA) is 52.5 Å². The SMILES string of the molecule is CN1CCC(c2cnc(N3CCC(CO)C3)nc2)C1. The van der Waals surface area contributed by atoms with Crippen LogP contribution in [0.25, 0.3) is 0 Å². The molecule has 2 fully saturated rings. The highest BCUT2D eigenvalue weighted by Crippen LogP contribution is 2.26. The van der Waals surface area contributed by atoms with E-state index < -0.39 is 0 Å². The summed E-state index contributed by atoms with van der Waals surface area (Å²) < 4.78 is 0. The fourth-order valence-corrected chi connectivity index (χ4v) is 3.08. The van der Waals surface area contributed by atoms with Crippen LogP contribution in [0.2, 0.25) is 0 Å². The molecule has 1 aromatic heterocycles. The highest BCUT2D eigenvalue weighted by atomic mass is 16.3. The zero-order valence-corrected chi connectivity index (χ0v) is 11.5. The van der Waals surface area contributed by atoms with Crippen molar-refractivity contribution in [1.82, 2.24) is 14.9 Å². The number of aliphatic hydroxyl groups is 1. The van der Waals surface area contributed by atoms with Gasteiger partial charge < -0.3 is 14.9 Å². The van der Waals surface area contributed by atoms with Gasteiger partial charge in [-0.15, -0.1) is 0 Å². The predicted molar refractivity (Wildman–Crippen MR) is 74.3 cm³/mol. The van der Waals surface area contributed by atoms with Crippen LogP contribution >= 0.6 is 0 Å². The zero-order valence-electron chi connectivity index (χ0n) is 11.5. The molecule has 0 bridgehead atoms. The van der Waals surface area contributed by atoms with Crippen LogP contribution in [0.5, 0.6) is 0 Å². The summed E-state index contributed by atoms with van der Waals surface area (Å²) in [5.74, 6) is 1.78. The zero-order chi connectivity index (χ0) is 13.2. The Morgan fingerprint density at radius 2 is 2.00 bits per heavy atom. The van der Waals surface area contributed by atoms with Gasteiger partial charge in [-0.05, 0) is 32.0 Å². The third-order valence-electron chi connectivity index (χ3n) is 4.35. The lowest BCUT2D eigenvalue weighted by Gasteiger charge is -2.17. The summed E-state index contributed by atoms with van der Waals surface area (Å²) in [7, 11) is 2.16. The third kappa shape index (κ3) is 2.72. The van der Waals surface area contributed by atoms with E-state index in [0.29, 0.717) is 11.8 Å². The van der Waals surface area contributed by atoms with Crippen LogP contribution in [-0.2, 0) is 0 Å². The largest absolute Gasteiger partial charge is 0.396 e. The van der Waals surface area contributed by atoms with Gasteiger partial charge >= 0.3 is 0 Å². The van der Waals surface area contributed by atoms with Gasteiger partial charge in [-0.25, -0.2) is 9.97 Å². The van der Waals surface area contributed by atoms with E-state index in [2.05, 4.69) is 26.8 Å². The predicted octanol–water partition coefficient (Wildman–Crippen LogP) is 0.714. The van der Waals surface area contributed by atoms with Crippen LogP contribution < -0.4 is 4.90 Å². The molecule has 19 heavy (non-hydrogen) atoms. The molecule has 2 unspecified atom stereocenters. The molecule has 3 heterocycles. The van der Waals surface area contributed by atoms with E-state index in [1.165, 1.54) is 12.0 Å². The molecular formula is C14H22N4O. The van der Waals surface area contributed by atoms with Crippen LogP contribution in [0.3, 0.4) is 0 Å². The van der Waals surface area contributed by atoms with Gasteiger partial charge in [0.2, 0.25) is 5.95 Å². The molecular weight excluding hydrogens is 240 g/mol. The third-order valence-corrected chi connectivity index (χ3v) is 4.35. The van der Waals surface area contributed by atoms with E-state index in [4.69, 9.17) is 0 Å². The minimum atomic E-state index is 0.267. The fourth-order valence-electron chi connectivity index (χ4n) is 3.08. The average Bonchev–Trinajstić information content (AvgIpc) is 3.07. The van der Waals surface area contributed by atoms with Crippen molar-refractivity contribution in [3.05, 3.63) is 18.0 Å². The van der Waals surface area contributed by atoms with E-state index in [1.807, 2.05) is 12.4 Å². The molecule has 5 nitrogen and oxygen atoms in total.